The second kappa shape index (κ2) is 4.98. The molecule has 0 amide bonds. The first-order chi connectivity index (χ1) is 10.9. The maximum atomic E-state index is 11.9. The normalized spacial score (nSPS) is 26.0. The highest BCUT2D eigenvalue weighted by Crippen LogP contribution is 2.51. The van der Waals surface area contributed by atoms with Crippen molar-refractivity contribution in [1.29, 1.82) is 0 Å². The van der Waals surface area contributed by atoms with Crippen LogP contribution < -0.4 is 5.14 Å². The van der Waals surface area contributed by atoms with Crippen molar-refractivity contribution in [2.45, 2.75) is 22.6 Å². The number of nitrogens with zero attached hydrogens (tertiary/aromatic N) is 2. The first kappa shape index (κ1) is 15.0. The van der Waals surface area contributed by atoms with Gasteiger partial charge in [0.05, 0.1) is 5.70 Å². The Balaban J connectivity index is 2.04. The van der Waals surface area contributed by atoms with Gasteiger partial charge in [0.25, 0.3) is 0 Å². The van der Waals surface area contributed by atoms with E-state index in [1.54, 1.807) is 23.7 Å². The molecule has 2 N–H and O–H groups in total. The van der Waals surface area contributed by atoms with E-state index in [1.807, 2.05) is 12.3 Å². The van der Waals surface area contributed by atoms with Gasteiger partial charge < -0.3 is 0 Å². The number of aliphatic imine (C=N–C) groups is 2. The molecular weight excluding hydrogens is 354 g/mol. The minimum atomic E-state index is -3.81. The molecule has 3 aliphatic rings. The summed E-state index contributed by atoms with van der Waals surface area (Å²) in [6.45, 7) is 0. The van der Waals surface area contributed by atoms with Gasteiger partial charge in [0.15, 0.2) is 0 Å². The van der Waals surface area contributed by atoms with Gasteiger partial charge >= 0.3 is 0 Å². The highest BCUT2D eigenvalue weighted by molar-refractivity contribution is 7.91. The van der Waals surface area contributed by atoms with Crippen LogP contribution in [0, 0.1) is 0 Å². The smallest absolute Gasteiger partial charge is 0.248 e. The zero-order valence-electron chi connectivity index (χ0n) is 11.9. The molecule has 4 rings (SSSR count). The minimum absolute atomic E-state index is 0.117. The Bertz CT molecular complexity index is 967. The standard InChI is InChI=1S/C15H12ClN3O2S2/c16-12-8-10(9-3-7-22-14(9)23(17,20)21)13-15(4-1-5-18-13)11(12)2-6-19-15/h2-3,5-8H,1,4H2,(H2,17,20,21). The van der Waals surface area contributed by atoms with Gasteiger partial charge in [-0.2, -0.15) is 0 Å². The highest BCUT2D eigenvalue weighted by Gasteiger charge is 2.46. The van der Waals surface area contributed by atoms with Crippen molar-refractivity contribution in [3.05, 3.63) is 45.5 Å². The molecule has 1 atom stereocenters. The number of hydrogen-bond donors (Lipinski definition) is 1. The molecule has 0 fully saturated rings. The van der Waals surface area contributed by atoms with Gasteiger partial charge in [0.2, 0.25) is 10.0 Å². The summed E-state index contributed by atoms with van der Waals surface area (Å²) in [5, 5.41) is 7.60. The Morgan fingerprint density at radius 2 is 2.22 bits per heavy atom. The predicted molar refractivity (Wildman–Crippen MR) is 93.6 cm³/mol. The SMILES string of the molecule is NS(=O)(=O)c1sccc1C1=C2N=CCCC23N=CC=C3C(Cl)=C1. The van der Waals surface area contributed by atoms with E-state index in [0.717, 1.165) is 35.4 Å². The van der Waals surface area contributed by atoms with E-state index in [1.165, 1.54) is 0 Å². The summed E-state index contributed by atoms with van der Waals surface area (Å²) >= 11 is 7.55. The molecule has 1 aromatic rings. The quantitative estimate of drug-likeness (QED) is 0.873. The summed E-state index contributed by atoms with van der Waals surface area (Å²) in [4.78, 5) is 9.17. The van der Waals surface area contributed by atoms with Crippen LogP contribution in [0.25, 0.3) is 5.57 Å². The van der Waals surface area contributed by atoms with Gasteiger partial charge in [-0.1, -0.05) is 11.6 Å². The van der Waals surface area contributed by atoms with Crippen molar-refractivity contribution in [2.75, 3.05) is 0 Å². The van der Waals surface area contributed by atoms with Crippen molar-refractivity contribution in [3.8, 4) is 0 Å². The van der Waals surface area contributed by atoms with Gasteiger partial charge in [0.1, 0.15) is 9.75 Å². The fourth-order valence-electron chi connectivity index (χ4n) is 3.25. The van der Waals surface area contributed by atoms with Crippen LogP contribution in [0.3, 0.4) is 0 Å². The monoisotopic (exact) mass is 365 g/mol. The minimum Gasteiger partial charge on any atom is -0.275 e. The summed E-state index contributed by atoms with van der Waals surface area (Å²) in [5.74, 6) is 0. The lowest BCUT2D eigenvalue weighted by Crippen LogP contribution is -2.34. The number of primary sulfonamides is 1. The van der Waals surface area contributed by atoms with Crippen LogP contribution in [0.4, 0.5) is 0 Å². The molecule has 1 aliphatic carbocycles. The van der Waals surface area contributed by atoms with Crippen LogP contribution >= 0.6 is 22.9 Å². The summed E-state index contributed by atoms with van der Waals surface area (Å²) < 4.78 is 23.8. The fraction of sp³-hybridized carbons (Fsp3) is 0.200. The Morgan fingerprint density at radius 3 is 3.00 bits per heavy atom. The molecular formula is C15H12ClN3O2S2. The molecule has 1 aromatic heterocycles. The zero-order chi connectivity index (χ0) is 16.2. The summed E-state index contributed by atoms with van der Waals surface area (Å²) in [5.41, 5.74) is 2.25. The third-order valence-electron chi connectivity index (χ3n) is 4.19. The molecule has 0 saturated heterocycles. The Morgan fingerprint density at radius 1 is 1.39 bits per heavy atom. The molecule has 1 unspecified atom stereocenters. The maximum Gasteiger partial charge on any atom is 0.248 e. The maximum absolute atomic E-state index is 11.9. The largest absolute Gasteiger partial charge is 0.275 e. The summed E-state index contributed by atoms with van der Waals surface area (Å²) in [6, 6.07) is 1.73. The van der Waals surface area contributed by atoms with Crippen LogP contribution in [-0.4, -0.2) is 26.4 Å². The number of sulfonamides is 1. The van der Waals surface area contributed by atoms with E-state index in [0.29, 0.717) is 16.2 Å². The molecule has 118 valence electrons. The van der Waals surface area contributed by atoms with Crippen LogP contribution in [0.1, 0.15) is 18.4 Å². The number of nitrogens with two attached hydrogens (primary N) is 1. The van der Waals surface area contributed by atoms with E-state index in [9.17, 15) is 8.42 Å². The fourth-order valence-corrected chi connectivity index (χ4v) is 5.40. The first-order valence-electron chi connectivity index (χ1n) is 6.95. The Kier molecular flexibility index (Phi) is 3.25. The van der Waals surface area contributed by atoms with Gasteiger partial charge in [-0.15, -0.1) is 11.3 Å². The average Bonchev–Trinajstić information content (AvgIpc) is 3.12. The number of halogens is 1. The zero-order valence-corrected chi connectivity index (χ0v) is 14.2. The van der Waals surface area contributed by atoms with Gasteiger partial charge in [-0.3, -0.25) is 9.98 Å². The van der Waals surface area contributed by atoms with Crippen molar-refractivity contribution in [3.63, 3.8) is 0 Å². The molecule has 3 heterocycles. The molecule has 1 spiro atoms. The van der Waals surface area contributed by atoms with E-state index in [2.05, 4.69) is 9.98 Å². The molecule has 2 aliphatic heterocycles. The molecule has 0 bridgehead atoms. The van der Waals surface area contributed by atoms with E-state index >= 15 is 0 Å². The van der Waals surface area contributed by atoms with E-state index in [-0.39, 0.29) is 4.21 Å². The van der Waals surface area contributed by atoms with Gasteiger partial charge in [-0.25, -0.2) is 13.6 Å². The topological polar surface area (TPSA) is 84.9 Å². The van der Waals surface area contributed by atoms with Crippen molar-refractivity contribution in [2.24, 2.45) is 15.1 Å². The predicted octanol–water partition coefficient (Wildman–Crippen LogP) is 2.86. The molecule has 0 saturated carbocycles. The Labute approximate surface area is 142 Å². The van der Waals surface area contributed by atoms with Crippen molar-refractivity contribution >= 4 is 51.0 Å². The highest BCUT2D eigenvalue weighted by atomic mass is 35.5. The number of allylic oxidation sites excluding steroid dienone is 3. The lowest BCUT2D eigenvalue weighted by molar-refractivity contribution is 0.547. The van der Waals surface area contributed by atoms with Gasteiger partial charge in [0, 0.05) is 34.2 Å². The number of hydrogen-bond acceptors (Lipinski definition) is 5. The van der Waals surface area contributed by atoms with E-state index in [4.69, 9.17) is 16.7 Å². The van der Waals surface area contributed by atoms with Crippen LogP contribution in [0.15, 0.2) is 54.1 Å². The van der Waals surface area contributed by atoms with Crippen LogP contribution in [0.5, 0.6) is 0 Å². The molecule has 5 nitrogen and oxygen atoms in total. The van der Waals surface area contributed by atoms with Gasteiger partial charge in [-0.05, 0) is 36.4 Å². The molecule has 23 heavy (non-hydrogen) atoms. The third-order valence-corrected chi connectivity index (χ3v) is 6.93. The Hall–Kier alpha value is -1.54. The number of thiophene rings is 1. The van der Waals surface area contributed by atoms with Crippen molar-refractivity contribution in [1.82, 2.24) is 0 Å². The molecule has 0 radical (unpaired) electrons. The van der Waals surface area contributed by atoms with E-state index < -0.39 is 15.6 Å². The lowest BCUT2D eigenvalue weighted by Gasteiger charge is -2.36. The number of rotatable bonds is 2. The van der Waals surface area contributed by atoms with Crippen LogP contribution in [0.2, 0.25) is 0 Å². The van der Waals surface area contributed by atoms with Crippen molar-refractivity contribution < 1.29 is 8.42 Å². The molecule has 0 aromatic carbocycles. The lowest BCUT2D eigenvalue weighted by atomic mass is 9.76. The summed E-state index contributed by atoms with van der Waals surface area (Å²) in [7, 11) is -3.81. The average molecular weight is 366 g/mol. The third kappa shape index (κ3) is 2.11. The molecule has 8 heteroatoms. The second-order valence-electron chi connectivity index (χ2n) is 5.49. The second-order valence-corrected chi connectivity index (χ2v) is 8.57. The first-order valence-corrected chi connectivity index (χ1v) is 9.75. The summed E-state index contributed by atoms with van der Waals surface area (Å²) in [6.07, 6.45) is 8.78. The van der Waals surface area contributed by atoms with Crippen LogP contribution in [-0.2, 0) is 10.0 Å².